The fourth-order valence-electron chi connectivity index (χ4n) is 1.36. The van der Waals surface area contributed by atoms with Gasteiger partial charge in [-0.3, -0.25) is 0 Å². The molecule has 2 rings (SSSR count). The van der Waals surface area contributed by atoms with Crippen LogP contribution in [0.1, 0.15) is 5.56 Å². The van der Waals surface area contributed by atoms with Crippen molar-refractivity contribution in [3.05, 3.63) is 29.8 Å². The molecule has 0 N–H and O–H groups in total. The number of benzene rings is 1. The first kappa shape index (κ1) is 7.80. The summed E-state index contributed by atoms with van der Waals surface area (Å²) in [6, 6.07) is 7.91. The first-order chi connectivity index (χ1) is 5.67. The molecule has 0 saturated heterocycles. The first-order valence-electron chi connectivity index (χ1n) is 3.95. The van der Waals surface area contributed by atoms with Gasteiger partial charge in [0, 0.05) is 21.7 Å². The maximum Gasteiger partial charge on any atom is 0.0762 e. The molecule has 0 aromatic heterocycles. The van der Waals surface area contributed by atoms with E-state index in [1.807, 2.05) is 24.3 Å². The second kappa shape index (κ2) is 2.59. The Labute approximate surface area is 72.8 Å². The number of hydrogen-bond donors (Lipinski definition) is 0. The summed E-state index contributed by atoms with van der Waals surface area (Å²) in [5.74, 6) is 0.698. The van der Waals surface area contributed by atoms with E-state index in [-0.39, 0.29) is 0 Å². The van der Waals surface area contributed by atoms with Gasteiger partial charge in [0.05, 0.1) is 5.69 Å². The molecule has 1 atom stereocenters. The van der Waals surface area contributed by atoms with Crippen molar-refractivity contribution in [3.63, 3.8) is 0 Å². The van der Waals surface area contributed by atoms with Gasteiger partial charge >= 0.3 is 0 Å². The van der Waals surface area contributed by atoms with Crippen LogP contribution in [-0.2, 0) is 16.1 Å². The maximum absolute atomic E-state index is 11.6. The van der Waals surface area contributed by atoms with Crippen LogP contribution in [0.3, 0.4) is 0 Å². The lowest BCUT2D eigenvalue weighted by atomic mass is 10.1. The van der Waals surface area contributed by atoms with Crippen LogP contribution < -0.4 is 0 Å². The molecule has 0 saturated carbocycles. The highest BCUT2D eigenvalue weighted by molar-refractivity contribution is 7.93. The minimum Gasteiger partial charge on any atom is -0.250 e. The van der Waals surface area contributed by atoms with Gasteiger partial charge in [-0.1, -0.05) is 18.2 Å². The molecule has 0 spiro atoms. The minimum absolute atomic E-state index is 0.698. The molecule has 0 amide bonds. The quantitative estimate of drug-likeness (QED) is 0.601. The second-order valence-electron chi connectivity index (χ2n) is 3.13. The Balaban J connectivity index is 2.63. The molecule has 1 heterocycles. The van der Waals surface area contributed by atoms with E-state index in [0.29, 0.717) is 5.75 Å². The van der Waals surface area contributed by atoms with Gasteiger partial charge in [0.25, 0.3) is 0 Å². The molecule has 1 aromatic carbocycles. The zero-order chi connectivity index (χ0) is 8.60. The van der Waals surface area contributed by atoms with Crippen LogP contribution in [0.25, 0.3) is 0 Å². The zero-order valence-electron chi connectivity index (χ0n) is 6.99. The standard InChI is InChI=1S/C9H11NOS/c1-12(11)7-6-8-4-2-3-5-9(8)10-12/h2-5H,6-7H2,1H3. The Morgan fingerprint density at radius 1 is 1.42 bits per heavy atom. The maximum atomic E-state index is 11.6. The summed E-state index contributed by atoms with van der Waals surface area (Å²) >= 11 is 0. The van der Waals surface area contributed by atoms with Gasteiger partial charge in [-0.15, -0.1) is 0 Å². The van der Waals surface area contributed by atoms with E-state index in [9.17, 15) is 4.21 Å². The van der Waals surface area contributed by atoms with Crippen molar-refractivity contribution in [1.82, 2.24) is 0 Å². The van der Waals surface area contributed by atoms with Crippen molar-refractivity contribution in [2.24, 2.45) is 4.36 Å². The van der Waals surface area contributed by atoms with Crippen molar-refractivity contribution >= 4 is 15.4 Å². The summed E-state index contributed by atoms with van der Waals surface area (Å²) in [5, 5.41) is 0. The molecule has 0 radical (unpaired) electrons. The molecule has 1 unspecified atom stereocenters. The largest absolute Gasteiger partial charge is 0.250 e. The van der Waals surface area contributed by atoms with E-state index in [4.69, 9.17) is 0 Å². The highest BCUT2D eigenvalue weighted by Crippen LogP contribution is 2.25. The average Bonchev–Trinajstić information content (AvgIpc) is 2.02. The van der Waals surface area contributed by atoms with Crippen LogP contribution in [0.5, 0.6) is 0 Å². The minimum atomic E-state index is -1.92. The molecule has 64 valence electrons. The Bertz CT molecular complexity index is 416. The SMILES string of the molecule is CS1(=O)=Nc2ccccc2CC1. The van der Waals surface area contributed by atoms with E-state index in [2.05, 4.69) is 4.36 Å². The third kappa shape index (κ3) is 1.37. The Morgan fingerprint density at radius 3 is 3.00 bits per heavy atom. The van der Waals surface area contributed by atoms with Crippen molar-refractivity contribution in [2.75, 3.05) is 12.0 Å². The van der Waals surface area contributed by atoms with E-state index < -0.39 is 9.73 Å². The third-order valence-corrected chi connectivity index (χ3v) is 3.58. The molecule has 12 heavy (non-hydrogen) atoms. The predicted molar refractivity (Wildman–Crippen MR) is 51.2 cm³/mol. The van der Waals surface area contributed by atoms with Crippen molar-refractivity contribution in [1.29, 1.82) is 0 Å². The smallest absolute Gasteiger partial charge is 0.0762 e. The van der Waals surface area contributed by atoms with Crippen molar-refractivity contribution in [3.8, 4) is 0 Å². The first-order valence-corrected chi connectivity index (χ1v) is 6.04. The Morgan fingerprint density at radius 2 is 2.17 bits per heavy atom. The lowest BCUT2D eigenvalue weighted by Crippen LogP contribution is -2.10. The summed E-state index contributed by atoms with van der Waals surface area (Å²) in [6.45, 7) is 0. The molecule has 0 fully saturated rings. The van der Waals surface area contributed by atoms with Gasteiger partial charge in [0.15, 0.2) is 0 Å². The van der Waals surface area contributed by atoms with Crippen LogP contribution in [0.2, 0.25) is 0 Å². The summed E-state index contributed by atoms with van der Waals surface area (Å²) in [5.41, 5.74) is 2.13. The van der Waals surface area contributed by atoms with Gasteiger partial charge in [-0.05, 0) is 18.1 Å². The molecule has 3 heteroatoms. The zero-order valence-corrected chi connectivity index (χ0v) is 7.80. The number of rotatable bonds is 0. The number of nitrogens with zero attached hydrogens (tertiary/aromatic N) is 1. The monoisotopic (exact) mass is 181 g/mol. The van der Waals surface area contributed by atoms with Crippen LogP contribution in [0, 0.1) is 0 Å². The highest BCUT2D eigenvalue weighted by atomic mass is 32.2. The lowest BCUT2D eigenvalue weighted by molar-refractivity contribution is 0.679. The van der Waals surface area contributed by atoms with Gasteiger partial charge < -0.3 is 0 Å². The van der Waals surface area contributed by atoms with Crippen molar-refractivity contribution in [2.45, 2.75) is 6.42 Å². The van der Waals surface area contributed by atoms with E-state index in [0.717, 1.165) is 12.1 Å². The molecule has 0 bridgehead atoms. The van der Waals surface area contributed by atoms with E-state index >= 15 is 0 Å². The highest BCUT2D eigenvalue weighted by Gasteiger charge is 2.12. The average molecular weight is 181 g/mol. The number of aryl methyl sites for hydroxylation is 1. The van der Waals surface area contributed by atoms with Gasteiger partial charge in [-0.2, -0.15) is 4.36 Å². The van der Waals surface area contributed by atoms with Gasteiger partial charge in [0.2, 0.25) is 0 Å². The normalized spacial score (nSPS) is 27.4. The van der Waals surface area contributed by atoms with Gasteiger partial charge in [0.1, 0.15) is 0 Å². The van der Waals surface area contributed by atoms with Crippen LogP contribution in [0.4, 0.5) is 5.69 Å². The fourth-order valence-corrected chi connectivity index (χ4v) is 2.65. The molecular weight excluding hydrogens is 170 g/mol. The van der Waals surface area contributed by atoms with Gasteiger partial charge in [-0.25, -0.2) is 4.21 Å². The molecule has 1 aliphatic rings. The summed E-state index contributed by atoms with van der Waals surface area (Å²) in [7, 11) is -1.92. The molecule has 1 aliphatic heterocycles. The Kier molecular flexibility index (Phi) is 1.68. The van der Waals surface area contributed by atoms with Crippen LogP contribution in [0.15, 0.2) is 28.6 Å². The molecule has 2 nitrogen and oxygen atoms in total. The lowest BCUT2D eigenvalue weighted by Gasteiger charge is -2.13. The molecule has 0 aliphatic carbocycles. The third-order valence-electron chi connectivity index (χ3n) is 2.03. The summed E-state index contributed by atoms with van der Waals surface area (Å²) < 4.78 is 15.8. The predicted octanol–water partition coefficient (Wildman–Crippen LogP) is 1.97. The Hall–Kier alpha value is -0.830. The molecule has 1 aromatic rings. The number of hydrogen-bond acceptors (Lipinski definition) is 2. The van der Waals surface area contributed by atoms with Crippen molar-refractivity contribution < 1.29 is 4.21 Å². The topological polar surface area (TPSA) is 29.4 Å². The van der Waals surface area contributed by atoms with Crippen LogP contribution in [-0.4, -0.2) is 16.2 Å². The molecular formula is C9H11NOS. The van der Waals surface area contributed by atoms with E-state index in [1.54, 1.807) is 6.26 Å². The summed E-state index contributed by atoms with van der Waals surface area (Å²) in [6.07, 6.45) is 2.62. The summed E-state index contributed by atoms with van der Waals surface area (Å²) in [4.78, 5) is 0. The van der Waals surface area contributed by atoms with E-state index in [1.165, 1.54) is 5.56 Å². The van der Waals surface area contributed by atoms with Crippen LogP contribution >= 0.6 is 0 Å². The second-order valence-corrected chi connectivity index (χ2v) is 5.64. The number of fused-ring (bicyclic) bond motifs is 1. The fraction of sp³-hybridized carbons (Fsp3) is 0.333.